The summed E-state index contributed by atoms with van der Waals surface area (Å²) in [5, 5.41) is 4.53. The van der Waals surface area contributed by atoms with Crippen LogP contribution in [0.15, 0.2) is 6.07 Å². The molecule has 0 radical (unpaired) electrons. The molecule has 1 rings (SSSR count). The van der Waals surface area contributed by atoms with Gasteiger partial charge in [-0.3, -0.25) is 4.68 Å². The molecule has 0 bridgehead atoms. The molecule has 0 fully saturated rings. The van der Waals surface area contributed by atoms with Crippen molar-refractivity contribution < 1.29 is 0 Å². The van der Waals surface area contributed by atoms with Crippen molar-refractivity contribution in [2.75, 3.05) is 5.88 Å². The number of nitrogens with zero attached hydrogens (tertiary/aromatic N) is 2. The molecule has 15 heavy (non-hydrogen) atoms. The fourth-order valence-corrected chi connectivity index (χ4v) is 1.79. The maximum absolute atomic E-state index is 5.80. The van der Waals surface area contributed by atoms with Gasteiger partial charge in [0.05, 0.1) is 5.69 Å². The Bertz CT molecular complexity index is 294. The summed E-state index contributed by atoms with van der Waals surface area (Å²) in [5.41, 5.74) is 2.55. The highest BCUT2D eigenvalue weighted by Crippen LogP contribution is 2.13. The molecule has 0 aromatic carbocycles. The monoisotopic (exact) mass is 228 g/mol. The highest BCUT2D eigenvalue weighted by atomic mass is 35.5. The van der Waals surface area contributed by atoms with Crippen LogP contribution in [-0.2, 0) is 19.4 Å². The zero-order chi connectivity index (χ0) is 11.3. The molecular formula is C12H21ClN2. The zero-order valence-corrected chi connectivity index (χ0v) is 10.7. The maximum atomic E-state index is 5.80. The van der Waals surface area contributed by atoms with Gasteiger partial charge in [0.15, 0.2) is 0 Å². The van der Waals surface area contributed by atoms with Crippen molar-refractivity contribution in [3.05, 3.63) is 17.5 Å². The quantitative estimate of drug-likeness (QED) is 0.684. The van der Waals surface area contributed by atoms with Gasteiger partial charge < -0.3 is 0 Å². The Morgan fingerprint density at radius 3 is 2.73 bits per heavy atom. The normalized spacial score (nSPS) is 13.1. The van der Waals surface area contributed by atoms with Gasteiger partial charge >= 0.3 is 0 Å². The highest BCUT2D eigenvalue weighted by molar-refractivity contribution is 6.18. The summed E-state index contributed by atoms with van der Waals surface area (Å²) >= 11 is 5.80. The molecule has 0 aliphatic heterocycles. The third kappa shape index (κ3) is 3.53. The van der Waals surface area contributed by atoms with Crippen LogP contribution in [0.2, 0.25) is 0 Å². The Hall–Kier alpha value is -0.500. The third-order valence-electron chi connectivity index (χ3n) is 2.73. The molecule has 0 aliphatic rings. The van der Waals surface area contributed by atoms with Gasteiger partial charge in [-0.1, -0.05) is 13.8 Å². The van der Waals surface area contributed by atoms with Gasteiger partial charge in [0.1, 0.15) is 0 Å². The first kappa shape index (κ1) is 12.6. The molecule has 0 spiro atoms. The van der Waals surface area contributed by atoms with Gasteiger partial charge in [-0.25, -0.2) is 0 Å². The first-order valence-corrected chi connectivity index (χ1v) is 6.36. The second-order valence-electron chi connectivity index (χ2n) is 4.09. The number of aromatic nitrogens is 2. The Labute approximate surface area is 97.6 Å². The smallest absolute Gasteiger partial charge is 0.0624 e. The van der Waals surface area contributed by atoms with Crippen LogP contribution >= 0.6 is 11.6 Å². The van der Waals surface area contributed by atoms with Crippen LogP contribution in [0.5, 0.6) is 0 Å². The van der Waals surface area contributed by atoms with Crippen molar-refractivity contribution in [1.29, 1.82) is 0 Å². The summed E-state index contributed by atoms with van der Waals surface area (Å²) in [6, 6.07) is 2.23. The zero-order valence-electron chi connectivity index (χ0n) is 9.96. The summed E-state index contributed by atoms with van der Waals surface area (Å²) in [6.45, 7) is 7.44. The second kappa shape index (κ2) is 6.16. The van der Waals surface area contributed by atoms with Gasteiger partial charge in [-0.15, -0.1) is 11.6 Å². The van der Waals surface area contributed by atoms with Crippen LogP contribution in [-0.4, -0.2) is 15.7 Å². The fraction of sp³-hybridized carbons (Fsp3) is 0.750. The molecule has 2 nitrogen and oxygen atoms in total. The summed E-state index contributed by atoms with van der Waals surface area (Å²) in [7, 11) is 0. The molecule has 1 aromatic heterocycles. The van der Waals surface area contributed by atoms with E-state index in [1.807, 2.05) is 0 Å². The van der Waals surface area contributed by atoms with Crippen LogP contribution in [0.3, 0.4) is 0 Å². The van der Waals surface area contributed by atoms with E-state index in [0.29, 0.717) is 5.92 Å². The Balaban J connectivity index is 2.62. The molecule has 0 aliphatic carbocycles. The van der Waals surface area contributed by atoms with Crippen molar-refractivity contribution in [2.45, 2.75) is 46.6 Å². The molecule has 0 amide bonds. The number of hydrogen-bond donors (Lipinski definition) is 0. The lowest BCUT2D eigenvalue weighted by Gasteiger charge is -2.07. The Kier molecular flexibility index (Phi) is 5.16. The molecule has 86 valence electrons. The Morgan fingerprint density at radius 2 is 2.20 bits per heavy atom. The average molecular weight is 229 g/mol. The summed E-state index contributed by atoms with van der Waals surface area (Å²) in [5.74, 6) is 1.35. The predicted molar refractivity (Wildman–Crippen MR) is 65.5 cm³/mol. The van der Waals surface area contributed by atoms with E-state index in [0.717, 1.165) is 31.7 Å². The predicted octanol–water partition coefficient (Wildman–Crippen LogP) is 3.27. The number of rotatable bonds is 6. The van der Waals surface area contributed by atoms with Crippen molar-refractivity contribution in [3.8, 4) is 0 Å². The highest BCUT2D eigenvalue weighted by Gasteiger charge is 2.07. The fourth-order valence-electron chi connectivity index (χ4n) is 1.63. The Morgan fingerprint density at radius 1 is 1.47 bits per heavy atom. The lowest BCUT2D eigenvalue weighted by molar-refractivity contribution is 0.550. The molecule has 1 atom stereocenters. The minimum Gasteiger partial charge on any atom is -0.270 e. The minimum absolute atomic E-state index is 0.594. The number of aryl methyl sites for hydroxylation is 3. The molecule has 0 saturated heterocycles. The topological polar surface area (TPSA) is 17.8 Å². The first-order chi connectivity index (χ1) is 7.21. The molecule has 1 unspecified atom stereocenters. The molecule has 3 heteroatoms. The van der Waals surface area contributed by atoms with Gasteiger partial charge in [-0.05, 0) is 38.2 Å². The standard InChI is InChI=1S/C12H21ClN2/c1-4-11-8-12(15(5-2)14-11)7-6-10(3)9-13/h8,10H,4-7,9H2,1-3H3. The van der Waals surface area contributed by atoms with Gasteiger partial charge in [0, 0.05) is 18.1 Å². The molecule has 1 heterocycles. The number of alkyl halides is 1. The van der Waals surface area contributed by atoms with Gasteiger partial charge in [-0.2, -0.15) is 5.10 Å². The van der Waals surface area contributed by atoms with Crippen LogP contribution in [0.25, 0.3) is 0 Å². The lowest BCUT2D eigenvalue weighted by atomic mass is 10.1. The van der Waals surface area contributed by atoms with Gasteiger partial charge in [0.25, 0.3) is 0 Å². The summed E-state index contributed by atoms with van der Waals surface area (Å²) in [6.07, 6.45) is 3.26. The van der Waals surface area contributed by atoms with E-state index in [2.05, 4.69) is 36.6 Å². The molecular weight excluding hydrogens is 208 g/mol. The number of halogens is 1. The summed E-state index contributed by atoms with van der Waals surface area (Å²) < 4.78 is 2.11. The van der Waals surface area contributed by atoms with E-state index in [1.165, 1.54) is 11.4 Å². The molecule has 0 N–H and O–H groups in total. The molecule has 1 aromatic rings. The lowest BCUT2D eigenvalue weighted by Crippen LogP contribution is -2.05. The average Bonchev–Trinajstić information content (AvgIpc) is 2.68. The number of hydrogen-bond acceptors (Lipinski definition) is 1. The SMILES string of the molecule is CCc1cc(CCC(C)CCl)n(CC)n1. The van der Waals surface area contributed by atoms with Crippen LogP contribution < -0.4 is 0 Å². The maximum Gasteiger partial charge on any atom is 0.0624 e. The van der Waals surface area contributed by atoms with E-state index in [9.17, 15) is 0 Å². The third-order valence-corrected chi connectivity index (χ3v) is 3.26. The minimum atomic E-state index is 0.594. The molecule has 0 saturated carbocycles. The van der Waals surface area contributed by atoms with E-state index >= 15 is 0 Å². The van der Waals surface area contributed by atoms with E-state index in [4.69, 9.17) is 11.6 Å². The van der Waals surface area contributed by atoms with Gasteiger partial charge in [0.2, 0.25) is 0 Å². The van der Waals surface area contributed by atoms with Crippen LogP contribution in [0.4, 0.5) is 0 Å². The second-order valence-corrected chi connectivity index (χ2v) is 4.40. The van der Waals surface area contributed by atoms with Crippen LogP contribution in [0, 0.1) is 5.92 Å². The van der Waals surface area contributed by atoms with Crippen molar-refractivity contribution >= 4 is 11.6 Å². The van der Waals surface area contributed by atoms with E-state index in [-0.39, 0.29) is 0 Å². The van der Waals surface area contributed by atoms with Crippen molar-refractivity contribution in [2.24, 2.45) is 5.92 Å². The van der Waals surface area contributed by atoms with Crippen molar-refractivity contribution in [1.82, 2.24) is 9.78 Å². The van der Waals surface area contributed by atoms with Crippen LogP contribution in [0.1, 0.15) is 38.6 Å². The first-order valence-electron chi connectivity index (χ1n) is 5.82. The van der Waals surface area contributed by atoms with Crippen molar-refractivity contribution in [3.63, 3.8) is 0 Å². The summed E-state index contributed by atoms with van der Waals surface area (Å²) in [4.78, 5) is 0. The largest absolute Gasteiger partial charge is 0.270 e. The van der Waals surface area contributed by atoms with E-state index < -0.39 is 0 Å². The van der Waals surface area contributed by atoms with E-state index in [1.54, 1.807) is 0 Å².